The lowest BCUT2D eigenvalue weighted by molar-refractivity contribution is -0.143. The molecule has 0 aliphatic heterocycles. The number of esters is 1. The number of ether oxygens (including phenoxy) is 2. The number of methoxy groups -OCH3 is 1. The van der Waals surface area contributed by atoms with Crippen LogP contribution in [0.25, 0.3) is 0 Å². The average molecular weight is 336 g/mol. The fraction of sp³-hybridized carbons (Fsp3) is 0.471. The van der Waals surface area contributed by atoms with Crippen molar-refractivity contribution in [1.82, 2.24) is 5.32 Å². The van der Waals surface area contributed by atoms with Gasteiger partial charge in [0.25, 0.3) is 0 Å². The van der Waals surface area contributed by atoms with Gasteiger partial charge in [0.1, 0.15) is 17.5 Å². The summed E-state index contributed by atoms with van der Waals surface area (Å²) in [4.78, 5) is 23.7. The van der Waals surface area contributed by atoms with Crippen LogP contribution in [0.1, 0.15) is 38.7 Å². The van der Waals surface area contributed by atoms with Crippen molar-refractivity contribution < 1.29 is 23.5 Å². The number of hydrogen-bond acceptors (Lipinski definition) is 5. The molecule has 0 fully saturated rings. The van der Waals surface area contributed by atoms with Crippen LogP contribution in [0.5, 0.6) is 0 Å². The van der Waals surface area contributed by atoms with Gasteiger partial charge in [-0.15, -0.1) is 0 Å². The summed E-state index contributed by atoms with van der Waals surface area (Å²) >= 11 is 0. The molecule has 1 N–H and O–H groups in total. The van der Waals surface area contributed by atoms with Crippen molar-refractivity contribution in [1.29, 1.82) is 5.26 Å². The molecule has 0 aromatic heterocycles. The molecule has 0 bridgehead atoms. The first-order chi connectivity index (χ1) is 11.2. The quantitative estimate of drug-likeness (QED) is 0.835. The van der Waals surface area contributed by atoms with Gasteiger partial charge in [-0.1, -0.05) is 18.2 Å². The van der Waals surface area contributed by atoms with Crippen molar-refractivity contribution >= 4 is 12.1 Å². The third kappa shape index (κ3) is 5.88. The van der Waals surface area contributed by atoms with E-state index in [2.05, 4.69) is 10.1 Å². The molecule has 1 amide bonds. The molecular formula is C17H21FN2O4. The van der Waals surface area contributed by atoms with Crippen LogP contribution in [-0.2, 0) is 14.3 Å². The zero-order chi connectivity index (χ0) is 18.3. The number of carbonyl (C=O) groups excluding carboxylic acids is 2. The second-order valence-electron chi connectivity index (χ2n) is 6.16. The maximum atomic E-state index is 13.9. The highest BCUT2D eigenvalue weighted by molar-refractivity contribution is 5.81. The van der Waals surface area contributed by atoms with Crippen molar-refractivity contribution in [2.24, 2.45) is 0 Å². The number of rotatable bonds is 5. The third-order valence-electron chi connectivity index (χ3n) is 3.08. The van der Waals surface area contributed by atoms with Gasteiger partial charge in [0.05, 0.1) is 19.1 Å². The molecule has 0 spiro atoms. The van der Waals surface area contributed by atoms with Crippen LogP contribution in [0.15, 0.2) is 24.3 Å². The molecule has 1 aromatic carbocycles. The topological polar surface area (TPSA) is 88.4 Å². The summed E-state index contributed by atoms with van der Waals surface area (Å²) < 4.78 is 23.6. The Morgan fingerprint density at radius 2 is 1.96 bits per heavy atom. The molecule has 0 aliphatic rings. The molecule has 0 saturated heterocycles. The Labute approximate surface area is 140 Å². The second-order valence-corrected chi connectivity index (χ2v) is 6.16. The van der Waals surface area contributed by atoms with E-state index in [1.165, 1.54) is 18.2 Å². The molecule has 130 valence electrons. The Balaban J connectivity index is 2.93. The summed E-state index contributed by atoms with van der Waals surface area (Å²) in [6, 6.07) is 6.61. The van der Waals surface area contributed by atoms with E-state index < -0.39 is 35.4 Å². The van der Waals surface area contributed by atoms with Gasteiger partial charge in [0.2, 0.25) is 0 Å². The summed E-state index contributed by atoms with van der Waals surface area (Å²) in [5.41, 5.74) is -0.592. The molecule has 0 heterocycles. The largest absolute Gasteiger partial charge is 0.467 e. The minimum absolute atomic E-state index is 0.136. The summed E-state index contributed by atoms with van der Waals surface area (Å²) in [6.45, 7) is 5.03. The number of halogens is 1. The summed E-state index contributed by atoms with van der Waals surface area (Å²) in [5.74, 6) is -2.22. The van der Waals surface area contributed by atoms with Gasteiger partial charge in [-0.25, -0.2) is 14.0 Å². The highest BCUT2D eigenvalue weighted by Gasteiger charge is 2.29. The maximum Gasteiger partial charge on any atom is 0.408 e. The van der Waals surface area contributed by atoms with E-state index in [9.17, 15) is 19.2 Å². The smallest absolute Gasteiger partial charge is 0.408 e. The molecule has 1 rings (SSSR count). The monoisotopic (exact) mass is 336 g/mol. The van der Waals surface area contributed by atoms with E-state index in [0.29, 0.717) is 0 Å². The molecule has 0 aliphatic carbocycles. The zero-order valence-corrected chi connectivity index (χ0v) is 14.1. The van der Waals surface area contributed by atoms with Crippen molar-refractivity contribution in [3.8, 4) is 6.07 Å². The Morgan fingerprint density at radius 1 is 1.33 bits per heavy atom. The minimum atomic E-state index is -1.13. The predicted octanol–water partition coefficient (Wildman–Crippen LogP) is 2.89. The molecular weight excluding hydrogens is 315 g/mol. The molecule has 6 nitrogen and oxygen atoms in total. The number of amides is 1. The predicted molar refractivity (Wildman–Crippen MR) is 84.5 cm³/mol. The highest BCUT2D eigenvalue weighted by Crippen LogP contribution is 2.24. The van der Waals surface area contributed by atoms with Crippen LogP contribution >= 0.6 is 0 Å². The Kier molecular flexibility index (Phi) is 6.71. The summed E-state index contributed by atoms with van der Waals surface area (Å²) in [7, 11) is 1.16. The van der Waals surface area contributed by atoms with E-state index in [0.717, 1.165) is 7.11 Å². The van der Waals surface area contributed by atoms with Gasteiger partial charge in [-0.3, -0.25) is 0 Å². The first-order valence-electron chi connectivity index (χ1n) is 7.39. The standard InChI is InChI=1S/C17H21FN2O4/c1-17(2,3)24-16(22)20-14(15(21)23-4)9-11(10-19)12-7-5-6-8-13(12)18/h5-8,11,14H,9H2,1-4H3,(H,20,22)/t11-,14+/m1/s1. The van der Waals surface area contributed by atoms with Crippen LogP contribution in [-0.4, -0.2) is 30.8 Å². The number of nitrogens with one attached hydrogen (secondary N) is 1. The van der Waals surface area contributed by atoms with E-state index in [1.807, 2.05) is 6.07 Å². The molecule has 0 radical (unpaired) electrons. The van der Waals surface area contributed by atoms with Gasteiger partial charge in [-0.05, 0) is 33.3 Å². The fourth-order valence-electron chi connectivity index (χ4n) is 2.05. The van der Waals surface area contributed by atoms with Crippen molar-refractivity contribution in [3.63, 3.8) is 0 Å². The van der Waals surface area contributed by atoms with E-state index >= 15 is 0 Å². The lowest BCUT2D eigenvalue weighted by Crippen LogP contribution is -2.44. The number of nitriles is 1. The number of hydrogen-bond donors (Lipinski definition) is 1. The highest BCUT2D eigenvalue weighted by atomic mass is 19.1. The van der Waals surface area contributed by atoms with E-state index in [-0.39, 0.29) is 12.0 Å². The Bertz CT molecular complexity index is 634. The van der Waals surface area contributed by atoms with Crippen LogP contribution < -0.4 is 5.32 Å². The molecule has 0 unspecified atom stereocenters. The van der Waals surface area contributed by atoms with Crippen LogP contribution in [0.2, 0.25) is 0 Å². The average Bonchev–Trinajstić information content (AvgIpc) is 2.49. The normalized spacial score (nSPS) is 13.3. The van der Waals surface area contributed by atoms with Crippen LogP contribution in [0, 0.1) is 17.1 Å². The zero-order valence-electron chi connectivity index (χ0n) is 14.1. The van der Waals surface area contributed by atoms with Crippen LogP contribution in [0.3, 0.4) is 0 Å². The van der Waals surface area contributed by atoms with Crippen molar-refractivity contribution in [2.75, 3.05) is 7.11 Å². The Hall–Kier alpha value is -2.62. The van der Waals surface area contributed by atoms with E-state index in [4.69, 9.17) is 4.74 Å². The number of alkyl carbamates (subject to hydrolysis) is 1. The van der Waals surface area contributed by atoms with Crippen LogP contribution in [0.4, 0.5) is 9.18 Å². The molecule has 2 atom stereocenters. The summed E-state index contributed by atoms with van der Waals surface area (Å²) in [5, 5.41) is 11.7. The lowest BCUT2D eigenvalue weighted by atomic mass is 9.93. The van der Waals surface area contributed by atoms with Gasteiger partial charge >= 0.3 is 12.1 Å². The SMILES string of the molecule is COC(=O)[C@H](C[C@H](C#N)c1ccccc1F)NC(=O)OC(C)(C)C. The molecule has 0 saturated carbocycles. The number of carbonyl (C=O) groups is 2. The van der Waals surface area contributed by atoms with Gasteiger partial charge in [-0.2, -0.15) is 5.26 Å². The van der Waals surface area contributed by atoms with Crippen molar-refractivity contribution in [3.05, 3.63) is 35.6 Å². The summed E-state index contributed by atoms with van der Waals surface area (Å²) in [6.07, 6.45) is -0.952. The van der Waals surface area contributed by atoms with Gasteiger partial charge in [0, 0.05) is 5.56 Å². The molecule has 24 heavy (non-hydrogen) atoms. The number of benzene rings is 1. The Morgan fingerprint density at radius 3 is 2.46 bits per heavy atom. The second kappa shape index (κ2) is 8.29. The lowest BCUT2D eigenvalue weighted by Gasteiger charge is -2.23. The first-order valence-corrected chi connectivity index (χ1v) is 7.39. The van der Waals surface area contributed by atoms with Gasteiger partial charge in [0.15, 0.2) is 0 Å². The third-order valence-corrected chi connectivity index (χ3v) is 3.08. The van der Waals surface area contributed by atoms with Crippen molar-refractivity contribution in [2.45, 2.75) is 44.8 Å². The van der Waals surface area contributed by atoms with Gasteiger partial charge < -0.3 is 14.8 Å². The van der Waals surface area contributed by atoms with E-state index in [1.54, 1.807) is 26.8 Å². The minimum Gasteiger partial charge on any atom is -0.467 e. The molecule has 7 heteroatoms. The molecule has 1 aromatic rings. The fourth-order valence-corrected chi connectivity index (χ4v) is 2.05. The maximum absolute atomic E-state index is 13.9. The number of nitrogens with zero attached hydrogens (tertiary/aromatic N) is 1. The first kappa shape index (κ1) is 19.4.